The van der Waals surface area contributed by atoms with Crippen molar-refractivity contribution in [2.75, 3.05) is 5.32 Å². The van der Waals surface area contributed by atoms with Crippen LogP contribution in [0.2, 0.25) is 5.15 Å². The SMILES string of the molecule is O=C(Nc1ccnc(Cl)c1)c1cn[nH]c1. The number of anilines is 1. The van der Waals surface area contributed by atoms with Crippen LogP contribution in [0.3, 0.4) is 0 Å². The molecule has 0 fully saturated rings. The number of rotatable bonds is 2. The lowest BCUT2D eigenvalue weighted by molar-refractivity contribution is 0.102. The molecule has 0 aliphatic carbocycles. The van der Waals surface area contributed by atoms with Gasteiger partial charge in [0.05, 0.1) is 11.8 Å². The molecule has 0 bridgehead atoms. The van der Waals surface area contributed by atoms with Crippen LogP contribution < -0.4 is 5.32 Å². The molecule has 2 aromatic heterocycles. The number of nitrogens with one attached hydrogen (secondary N) is 2. The van der Waals surface area contributed by atoms with Gasteiger partial charge in [-0.05, 0) is 12.1 Å². The van der Waals surface area contributed by atoms with Gasteiger partial charge in [0.1, 0.15) is 5.15 Å². The number of carbonyl (C=O) groups is 1. The van der Waals surface area contributed by atoms with Crippen molar-refractivity contribution < 1.29 is 4.79 Å². The maximum absolute atomic E-state index is 11.6. The number of aromatic nitrogens is 3. The standard InChI is InChI=1S/C9H7ClN4O/c10-8-3-7(1-2-11-8)14-9(15)6-4-12-13-5-6/h1-5H,(H,12,13)(H,11,14,15). The molecule has 0 spiro atoms. The number of aromatic amines is 1. The molecule has 0 aromatic carbocycles. The molecule has 0 aliphatic heterocycles. The molecule has 2 rings (SSSR count). The Kier molecular flexibility index (Phi) is 2.64. The molecule has 0 saturated heterocycles. The molecule has 2 aromatic rings. The van der Waals surface area contributed by atoms with E-state index in [1.807, 2.05) is 0 Å². The smallest absolute Gasteiger partial charge is 0.258 e. The molecule has 0 radical (unpaired) electrons. The molecule has 2 N–H and O–H groups in total. The van der Waals surface area contributed by atoms with Crippen molar-refractivity contribution in [3.63, 3.8) is 0 Å². The fourth-order valence-corrected chi connectivity index (χ4v) is 1.23. The average molecular weight is 223 g/mol. The first-order chi connectivity index (χ1) is 7.25. The van der Waals surface area contributed by atoms with E-state index in [0.717, 1.165) is 0 Å². The van der Waals surface area contributed by atoms with Crippen molar-refractivity contribution in [1.29, 1.82) is 0 Å². The van der Waals surface area contributed by atoms with Gasteiger partial charge in [-0.3, -0.25) is 9.89 Å². The Bertz CT molecular complexity index is 469. The van der Waals surface area contributed by atoms with Crippen LogP contribution >= 0.6 is 11.6 Å². The quantitative estimate of drug-likeness (QED) is 0.760. The molecule has 0 aliphatic rings. The summed E-state index contributed by atoms with van der Waals surface area (Å²) in [6.07, 6.45) is 4.48. The number of carbonyl (C=O) groups excluding carboxylic acids is 1. The van der Waals surface area contributed by atoms with Gasteiger partial charge in [0.25, 0.3) is 5.91 Å². The molecular formula is C9H7ClN4O. The van der Waals surface area contributed by atoms with Crippen LogP contribution in [0.4, 0.5) is 5.69 Å². The van der Waals surface area contributed by atoms with Gasteiger partial charge in [0.2, 0.25) is 0 Å². The van der Waals surface area contributed by atoms with Crippen molar-refractivity contribution in [3.8, 4) is 0 Å². The summed E-state index contributed by atoms with van der Waals surface area (Å²) in [6.45, 7) is 0. The number of nitrogens with zero attached hydrogens (tertiary/aromatic N) is 2. The Hall–Kier alpha value is -1.88. The second-order valence-electron chi connectivity index (χ2n) is 2.81. The van der Waals surface area contributed by atoms with Crippen LogP contribution in [-0.4, -0.2) is 21.1 Å². The lowest BCUT2D eigenvalue weighted by Crippen LogP contribution is -2.10. The van der Waals surface area contributed by atoms with Crippen molar-refractivity contribution in [2.45, 2.75) is 0 Å². The number of H-pyrrole nitrogens is 1. The van der Waals surface area contributed by atoms with Gasteiger partial charge in [0, 0.05) is 18.1 Å². The topological polar surface area (TPSA) is 70.7 Å². The van der Waals surface area contributed by atoms with E-state index in [1.54, 1.807) is 12.1 Å². The first-order valence-electron chi connectivity index (χ1n) is 4.17. The Labute approximate surface area is 90.5 Å². The summed E-state index contributed by atoms with van der Waals surface area (Å²) >= 11 is 5.67. The zero-order valence-electron chi connectivity index (χ0n) is 7.57. The van der Waals surface area contributed by atoms with E-state index in [4.69, 9.17) is 11.6 Å². The zero-order valence-corrected chi connectivity index (χ0v) is 8.32. The predicted octanol–water partition coefficient (Wildman–Crippen LogP) is 1.71. The highest BCUT2D eigenvalue weighted by Gasteiger charge is 2.06. The molecule has 6 heteroatoms. The maximum Gasteiger partial charge on any atom is 0.258 e. The van der Waals surface area contributed by atoms with E-state index in [0.29, 0.717) is 16.4 Å². The maximum atomic E-state index is 11.6. The highest BCUT2D eigenvalue weighted by Crippen LogP contribution is 2.12. The number of pyridine rings is 1. The zero-order chi connectivity index (χ0) is 10.7. The third-order valence-corrected chi connectivity index (χ3v) is 1.95. The third-order valence-electron chi connectivity index (χ3n) is 1.74. The summed E-state index contributed by atoms with van der Waals surface area (Å²) in [6, 6.07) is 3.23. The molecule has 0 atom stereocenters. The van der Waals surface area contributed by atoms with E-state index in [1.165, 1.54) is 18.6 Å². The monoisotopic (exact) mass is 222 g/mol. The lowest BCUT2D eigenvalue weighted by Gasteiger charge is -2.02. The van der Waals surface area contributed by atoms with E-state index in [2.05, 4.69) is 20.5 Å². The summed E-state index contributed by atoms with van der Waals surface area (Å²) in [5.41, 5.74) is 1.06. The van der Waals surface area contributed by atoms with E-state index < -0.39 is 0 Å². The molecule has 0 unspecified atom stereocenters. The van der Waals surface area contributed by atoms with E-state index >= 15 is 0 Å². The molecular weight excluding hydrogens is 216 g/mol. The van der Waals surface area contributed by atoms with Gasteiger partial charge in [-0.2, -0.15) is 5.10 Å². The molecule has 0 saturated carbocycles. The normalized spacial score (nSPS) is 9.93. The summed E-state index contributed by atoms with van der Waals surface area (Å²) < 4.78 is 0. The Morgan fingerprint density at radius 2 is 2.40 bits per heavy atom. The van der Waals surface area contributed by atoms with Crippen molar-refractivity contribution >= 4 is 23.2 Å². The van der Waals surface area contributed by atoms with Gasteiger partial charge in [-0.1, -0.05) is 11.6 Å². The fourth-order valence-electron chi connectivity index (χ4n) is 1.06. The Morgan fingerprint density at radius 1 is 1.53 bits per heavy atom. The fraction of sp³-hybridized carbons (Fsp3) is 0. The second-order valence-corrected chi connectivity index (χ2v) is 3.20. The first-order valence-corrected chi connectivity index (χ1v) is 4.55. The minimum Gasteiger partial charge on any atom is -0.322 e. The molecule has 1 amide bonds. The Morgan fingerprint density at radius 3 is 3.07 bits per heavy atom. The van der Waals surface area contributed by atoms with Gasteiger partial charge in [-0.15, -0.1) is 0 Å². The summed E-state index contributed by atoms with van der Waals surface area (Å²) in [5.74, 6) is -0.244. The highest BCUT2D eigenvalue weighted by atomic mass is 35.5. The predicted molar refractivity (Wildman–Crippen MR) is 55.8 cm³/mol. The summed E-state index contributed by atoms with van der Waals surface area (Å²) in [7, 11) is 0. The molecule has 76 valence electrons. The van der Waals surface area contributed by atoms with Crippen LogP contribution in [0.25, 0.3) is 0 Å². The van der Waals surface area contributed by atoms with Crippen LogP contribution in [0.5, 0.6) is 0 Å². The van der Waals surface area contributed by atoms with Crippen LogP contribution in [0.1, 0.15) is 10.4 Å². The second kappa shape index (κ2) is 4.10. The number of hydrogen-bond donors (Lipinski definition) is 2. The van der Waals surface area contributed by atoms with Crippen LogP contribution in [0, 0.1) is 0 Å². The number of hydrogen-bond acceptors (Lipinski definition) is 3. The van der Waals surface area contributed by atoms with Crippen molar-refractivity contribution in [3.05, 3.63) is 41.4 Å². The summed E-state index contributed by atoms with van der Waals surface area (Å²) in [4.78, 5) is 15.4. The van der Waals surface area contributed by atoms with Crippen molar-refractivity contribution in [1.82, 2.24) is 15.2 Å². The Balaban J connectivity index is 2.13. The minimum absolute atomic E-state index is 0.244. The minimum atomic E-state index is -0.244. The van der Waals surface area contributed by atoms with Crippen molar-refractivity contribution in [2.24, 2.45) is 0 Å². The van der Waals surface area contributed by atoms with Crippen LogP contribution in [0.15, 0.2) is 30.7 Å². The number of amides is 1. The lowest BCUT2D eigenvalue weighted by atomic mass is 10.3. The third kappa shape index (κ3) is 2.32. The van der Waals surface area contributed by atoms with Gasteiger partial charge < -0.3 is 5.32 Å². The van der Waals surface area contributed by atoms with E-state index in [-0.39, 0.29) is 5.91 Å². The summed E-state index contributed by atoms with van der Waals surface area (Å²) in [5, 5.41) is 9.23. The van der Waals surface area contributed by atoms with Gasteiger partial charge in [-0.25, -0.2) is 4.98 Å². The average Bonchev–Trinajstić information content (AvgIpc) is 2.70. The molecule has 15 heavy (non-hydrogen) atoms. The molecule has 2 heterocycles. The van der Waals surface area contributed by atoms with Gasteiger partial charge >= 0.3 is 0 Å². The van der Waals surface area contributed by atoms with Crippen LogP contribution in [-0.2, 0) is 0 Å². The first kappa shape index (κ1) is 9.67. The molecule has 5 nitrogen and oxygen atoms in total. The highest BCUT2D eigenvalue weighted by molar-refractivity contribution is 6.29. The van der Waals surface area contributed by atoms with Gasteiger partial charge in [0.15, 0.2) is 0 Å². The largest absolute Gasteiger partial charge is 0.322 e. The van der Waals surface area contributed by atoms with E-state index in [9.17, 15) is 4.79 Å². The number of halogens is 1.